The SMILES string of the molecule is NC(=O)c1ccc(Oc2ccc(CCNCc3cccc(C(F)(F)F)c3)cc2)nc1. The number of nitrogens with zero attached hydrogens (tertiary/aromatic N) is 1. The molecule has 0 saturated carbocycles. The second-order valence-corrected chi connectivity index (χ2v) is 6.62. The van der Waals surface area contributed by atoms with Gasteiger partial charge in [0.25, 0.3) is 0 Å². The Morgan fingerprint density at radius 3 is 2.43 bits per heavy atom. The van der Waals surface area contributed by atoms with Gasteiger partial charge in [-0.25, -0.2) is 4.98 Å². The van der Waals surface area contributed by atoms with Crippen LogP contribution in [0.1, 0.15) is 27.0 Å². The summed E-state index contributed by atoms with van der Waals surface area (Å²) >= 11 is 0. The van der Waals surface area contributed by atoms with Crippen LogP contribution in [0.25, 0.3) is 0 Å². The summed E-state index contributed by atoms with van der Waals surface area (Å²) in [4.78, 5) is 15.1. The number of aromatic nitrogens is 1. The molecule has 3 rings (SSSR count). The Kier molecular flexibility index (Phi) is 6.68. The van der Waals surface area contributed by atoms with Gasteiger partial charge in [-0.15, -0.1) is 0 Å². The predicted octanol–water partition coefficient (Wildman–Crippen LogP) is 4.32. The van der Waals surface area contributed by atoms with Gasteiger partial charge < -0.3 is 15.8 Å². The van der Waals surface area contributed by atoms with Crippen molar-refractivity contribution in [1.82, 2.24) is 10.3 Å². The number of nitrogens with one attached hydrogen (secondary N) is 1. The zero-order valence-electron chi connectivity index (χ0n) is 15.9. The summed E-state index contributed by atoms with van der Waals surface area (Å²) in [6.45, 7) is 0.977. The molecule has 0 radical (unpaired) electrons. The number of ether oxygens (including phenoxy) is 1. The lowest BCUT2D eigenvalue weighted by Crippen LogP contribution is -2.17. The molecule has 0 atom stereocenters. The fraction of sp³-hybridized carbons (Fsp3) is 0.182. The quantitative estimate of drug-likeness (QED) is 0.537. The minimum Gasteiger partial charge on any atom is -0.439 e. The molecule has 8 heteroatoms. The van der Waals surface area contributed by atoms with Crippen molar-refractivity contribution in [1.29, 1.82) is 0 Å². The molecule has 0 bridgehead atoms. The number of alkyl halides is 3. The van der Waals surface area contributed by atoms with Gasteiger partial charge in [0.2, 0.25) is 11.8 Å². The van der Waals surface area contributed by atoms with Gasteiger partial charge in [-0.1, -0.05) is 30.3 Å². The second-order valence-electron chi connectivity index (χ2n) is 6.62. The van der Waals surface area contributed by atoms with Crippen LogP contribution in [0.2, 0.25) is 0 Å². The number of carbonyl (C=O) groups excluding carboxylic acids is 1. The molecule has 5 nitrogen and oxygen atoms in total. The van der Waals surface area contributed by atoms with Crippen LogP contribution in [-0.2, 0) is 19.1 Å². The zero-order chi connectivity index (χ0) is 21.6. The Balaban J connectivity index is 1.46. The first-order valence-corrected chi connectivity index (χ1v) is 9.21. The molecule has 0 aliphatic carbocycles. The van der Waals surface area contributed by atoms with Crippen LogP contribution in [0, 0.1) is 0 Å². The Morgan fingerprint density at radius 1 is 1.03 bits per heavy atom. The highest BCUT2D eigenvalue weighted by molar-refractivity contribution is 5.92. The van der Waals surface area contributed by atoms with Gasteiger partial charge in [-0.3, -0.25) is 4.79 Å². The molecule has 2 aromatic carbocycles. The van der Waals surface area contributed by atoms with Gasteiger partial charge in [0.05, 0.1) is 11.1 Å². The largest absolute Gasteiger partial charge is 0.439 e. The van der Waals surface area contributed by atoms with Crippen molar-refractivity contribution in [3.05, 3.63) is 89.1 Å². The fourth-order valence-corrected chi connectivity index (χ4v) is 2.75. The summed E-state index contributed by atoms with van der Waals surface area (Å²) in [6, 6.07) is 15.8. The molecule has 3 N–H and O–H groups in total. The maximum atomic E-state index is 12.7. The van der Waals surface area contributed by atoms with E-state index in [1.54, 1.807) is 24.3 Å². The van der Waals surface area contributed by atoms with Crippen LogP contribution < -0.4 is 15.8 Å². The molecular weight excluding hydrogens is 395 g/mol. The highest BCUT2D eigenvalue weighted by Crippen LogP contribution is 2.29. The molecule has 3 aromatic rings. The van der Waals surface area contributed by atoms with Crippen molar-refractivity contribution < 1.29 is 22.7 Å². The number of halogens is 3. The summed E-state index contributed by atoms with van der Waals surface area (Å²) in [5, 5.41) is 3.15. The number of primary amides is 1. The van der Waals surface area contributed by atoms with E-state index in [1.165, 1.54) is 18.3 Å². The van der Waals surface area contributed by atoms with Crippen molar-refractivity contribution in [2.45, 2.75) is 19.1 Å². The summed E-state index contributed by atoms with van der Waals surface area (Å²) in [6.07, 6.45) is -2.27. The van der Waals surface area contributed by atoms with E-state index < -0.39 is 17.6 Å². The Morgan fingerprint density at radius 2 is 1.80 bits per heavy atom. The number of hydrogen-bond acceptors (Lipinski definition) is 4. The van der Waals surface area contributed by atoms with Gasteiger partial charge in [0.15, 0.2) is 0 Å². The van der Waals surface area contributed by atoms with Crippen molar-refractivity contribution in [2.75, 3.05) is 6.54 Å². The van der Waals surface area contributed by atoms with E-state index in [0.29, 0.717) is 42.3 Å². The average Bonchev–Trinajstić information content (AvgIpc) is 2.72. The third-order valence-electron chi connectivity index (χ3n) is 4.34. The minimum atomic E-state index is -4.33. The van der Waals surface area contributed by atoms with Crippen LogP contribution in [0.3, 0.4) is 0 Å². The number of rotatable bonds is 8. The lowest BCUT2D eigenvalue weighted by molar-refractivity contribution is -0.137. The molecule has 1 amide bonds. The number of pyridine rings is 1. The van der Waals surface area contributed by atoms with Crippen LogP contribution in [0.4, 0.5) is 13.2 Å². The van der Waals surface area contributed by atoms with E-state index in [-0.39, 0.29) is 0 Å². The summed E-state index contributed by atoms with van der Waals surface area (Å²) < 4.78 is 43.9. The Labute approximate surface area is 171 Å². The molecule has 0 aliphatic heterocycles. The highest BCUT2D eigenvalue weighted by atomic mass is 19.4. The zero-order valence-corrected chi connectivity index (χ0v) is 15.9. The van der Waals surface area contributed by atoms with Crippen molar-refractivity contribution in [3.8, 4) is 11.6 Å². The van der Waals surface area contributed by atoms with Gasteiger partial charge in [-0.05, 0) is 48.4 Å². The lowest BCUT2D eigenvalue weighted by atomic mass is 10.1. The second kappa shape index (κ2) is 9.41. The van der Waals surface area contributed by atoms with Gasteiger partial charge in [0, 0.05) is 18.8 Å². The summed E-state index contributed by atoms with van der Waals surface area (Å²) in [5.41, 5.74) is 6.47. The molecule has 0 aliphatic rings. The monoisotopic (exact) mass is 415 g/mol. The van der Waals surface area contributed by atoms with E-state index in [1.807, 2.05) is 12.1 Å². The smallest absolute Gasteiger partial charge is 0.416 e. The maximum absolute atomic E-state index is 12.7. The van der Waals surface area contributed by atoms with E-state index in [4.69, 9.17) is 10.5 Å². The number of nitrogens with two attached hydrogens (primary N) is 1. The standard InChI is InChI=1S/C22H20F3N3O2/c23-22(24,25)18-3-1-2-16(12-18)13-27-11-10-15-4-7-19(8-5-15)30-20-9-6-17(14-28-20)21(26)29/h1-9,12,14,27H,10-11,13H2,(H2,26,29). The molecule has 30 heavy (non-hydrogen) atoms. The molecule has 0 unspecified atom stereocenters. The topological polar surface area (TPSA) is 77.2 Å². The molecule has 1 heterocycles. The van der Waals surface area contributed by atoms with E-state index in [9.17, 15) is 18.0 Å². The normalized spacial score (nSPS) is 11.3. The summed E-state index contributed by atoms with van der Waals surface area (Å²) in [5.74, 6) is 0.380. The lowest BCUT2D eigenvalue weighted by Gasteiger charge is -2.10. The number of amides is 1. The number of hydrogen-bond donors (Lipinski definition) is 2. The maximum Gasteiger partial charge on any atom is 0.416 e. The first-order valence-electron chi connectivity index (χ1n) is 9.21. The summed E-state index contributed by atoms with van der Waals surface area (Å²) in [7, 11) is 0. The molecule has 0 spiro atoms. The van der Waals surface area contributed by atoms with E-state index in [2.05, 4.69) is 10.3 Å². The molecule has 0 fully saturated rings. The molecular formula is C22H20F3N3O2. The van der Waals surface area contributed by atoms with Gasteiger partial charge in [-0.2, -0.15) is 13.2 Å². The van der Waals surface area contributed by atoms with Crippen molar-refractivity contribution in [2.24, 2.45) is 5.73 Å². The van der Waals surface area contributed by atoms with Crippen LogP contribution in [0.5, 0.6) is 11.6 Å². The van der Waals surface area contributed by atoms with Crippen molar-refractivity contribution >= 4 is 5.91 Å². The minimum absolute atomic E-state index is 0.301. The molecule has 0 saturated heterocycles. The van der Waals surface area contributed by atoms with Crippen LogP contribution in [-0.4, -0.2) is 17.4 Å². The average molecular weight is 415 g/mol. The first kappa shape index (κ1) is 21.3. The molecule has 1 aromatic heterocycles. The van der Waals surface area contributed by atoms with Crippen LogP contribution >= 0.6 is 0 Å². The van der Waals surface area contributed by atoms with Crippen LogP contribution in [0.15, 0.2) is 66.9 Å². The van der Waals surface area contributed by atoms with Gasteiger partial charge >= 0.3 is 6.18 Å². The third kappa shape index (κ3) is 6.05. The predicted molar refractivity (Wildman–Crippen MR) is 106 cm³/mol. The number of benzene rings is 2. The highest BCUT2D eigenvalue weighted by Gasteiger charge is 2.30. The fourth-order valence-electron chi connectivity index (χ4n) is 2.75. The number of carbonyl (C=O) groups is 1. The van der Waals surface area contributed by atoms with Crippen molar-refractivity contribution in [3.63, 3.8) is 0 Å². The Bertz CT molecular complexity index is 988. The van der Waals surface area contributed by atoms with Gasteiger partial charge in [0.1, 0.15) is 5.75 Å². The first-order chi connectivity index (χ1) is 14.3. The van der Waals surface area contributed by atoms with E-state index in [0.717, 1.165) is 17.7 Å². The third-order valence-corrected chi connectivity index (χ3v) is 4.34. The Hall–Kier alpha value is -3.39. The van der Waals surface area contributed by atoms with E-state index >= 15 is 0 Å². The molecule has 156 valence electrons.